The number of carbonyl (C=O) groups is 1. The lowest BCUT2D eigenvalue weighted by atomic mass is 10.3. The monoisotopic (exact) mass is 245 g/mol. The second-order valence-corrected chi connectivity index (χ2v) is 4.35. The van der Waals surface area contributed by atoms with Crippen molar-refractivity contribution in [2.75, 3.05) is 17.3 Å². The minimum atomic E-state index is -0.0638. The standard InChI is InChI=1S/C10H12ClNO2S/c1-15-5-4-10(14)12-7-2-3-8(11)9(13)6-7/h2-3,6,13H,4-5H2,1H3,(H,12,14). The van der Waals surface area contributed by atoms with Crippen LogP contribution in [0.5, 0.6) is 5.75 Å². The number of phenols is 1. The number of hydrogen-bond acceptors (Lipinski definition) is 3. The van der Waals surface area contributed by atoms with Crippen molar-refractivity contribution < 1.29 is 9.90 Å². The molecule has 0 fully saturated rings. The summed E-state index contributed by atoms with van der Waals surface area (Å²) in [6, 6.07) is 4.62. The van der Waals surface area contributed by atoms with Gasteiger partial charge in [0.15, 0.2) is 0 Å². The molecule has 5 heteroatoms. The van der Waals surface area contributed by atoms with Crippen LogP contribution in [0.4, 0.5) is 5.69 Å². The van der Waals surface area contributed by atoms with Crippen molar-refractivity contribution >= 4 is 35.0 Å². The van der Waals surface area contributed by atoms with Crippen molar-refractivity contribution in [3.8, 4) is 5.75 Å². The maximum atomic E-state index is 11.3. The summed E-state index contributed by atoms with van der Waals surface area (Å²) in [7, 11) is 0. The predicted molar refractivity (Wildman–Crippen MR) is 64.7 cm³/mol. The van der Waals surface area contributed by atoms with Gasteiger partial charge in [0.1, 0.15) is 5.75 Å². The molecule has 0 aliphatic rings. The molecule has 0 unspecified atom stereocenters. The Balaban J connectivity index is 2.57. The molecule has 3 nitrogen and oxygen atoms in total. The smallest absolute Gasteiger partial charge is 0.225 e. The average Bonchev–Trinajstić information content (AvgIpc) is 2.20. The van der Waals surface area contributed by atoms with E-state index in [1.165, 1.54) is 6.07 Å². The van der Waals surface area contributed by atoms with Crippen molar-refractivity contribution in [3.05, 3.63) is 23.2 Å². The maximum absolute atomic E-state index is 11.3. The lowest BCUT2D eigenvalue weighted by Crippen LogP contribution is -2.11. The molecule has 1 aromatic rings. The van der Waals surface area contributed by atoms with E-state index in [0.717, 1.165) is 5.75 Å². The van der Waals surface area contributed by atoms with Crippen LogP contribution in [-0.2, 0) is 4.79 Å². The number of anilines is 1. The first kappa shape index (κ1) is 12.2. The van der Waals surface area contributed by atoms with Crippen LogP contribution in [0.15, 0.2) is 18.2 Å². The largest absolute Gasteiger partial charge is 0.506 e. The molecular formula is C10H12ClNO2S. The van der Waals surface area contributed by atoms with Gasteiger partial charge >= 0.3 is 0 Å². The van der Waals surface area contributed by atoms with Crippen molar-refractivity contribution in [2.45, 2.75) is 6.42 Å². The highest BCUT2D eigenvalue weighted by Gasteiger charge is 2.04. The Morgan fingerprint density at radius 2 is 2.33 bits per heavy atom. The zero-order valence-electron chi connectivity index (χ0n) is 8.29. The quantitative estimate of drug-likeness (QED) is 0.858. The second-order valence-electron chi connectivity index (χ2n) is 2.96. The highest BCUT2D eigenvalue weighted by molar-refractivity contribution is 7.98. The number of aromatic hydroxyl groups is 1. The summed E-state index contributed by atoms with van der Waals surface area (Å²) in [4.78, 5) is 11.3. The molecule has 82 valence electrons. The SMILES string of the molecule is CSCCC(=O)Nc1ccc(Cl)c(O)c1. The molecule has 0 saturated carbocycles. The number of nitrogens with one attached hydrogen (secondary N) is 1. The maximum Gasteiger partial charge on any atom is 0.225 e. The molecule has 0 bridgehead atoms. The normalized spacial score (nSPS) is 10.0. The van der Waals surface area contributed by atoms with Crippen molar-refractivity contribution in [1.82, 2.24) is 0 Å². The van der Waals surface area contributed by atoms with E-state index >= 15 is 0 Å². The number of halogens is 1. The van der Waals surface area contributed by atoms with Gasteiger partial charge in [-0.1, -0.05) is 11.6 Å². The Bertz CT molecular complexity index is 357. The van der Waals surface area contributed by atoms with Crippen LogP contribution in [0, 0.1) is 0 Å². The summed E-state index contributed by atoms with van der Waals surface area (Å²) >= 11 is 7.25. The van der Waals surface area contributed by atoms with E-state index in [2.05, 4.69) is 5.32 Å². The Morgan fingerprint density at radius 3 is 2.93 bits per heavy atom. The van der Waals surface area contributed by atoms with Crippen LogP contribution in [0.2, 0.25) is 5.02 Å². The Morgan fingerprint density at radius 1 is 1.60 bits per heavy atom. The highest BCUT2D eigenvalue weighted by atomic mass is 35.5. The predicted octanol–water partition coefficient (Wildman–Crippen LogP) is 2.74. The number of amides is 1. The summed E-state index contributed by atoms with van der Waals surface area (Å²) in [6.07, 6.45) is 2.41. The number of rotatable bonds is 4. The van der Waals surface area contributed by atoms with Gasteiger partial charge in [-0.3, -0.25) is 4.79 Å². The molecular weight excluding hydrogens is 234 g/mol. The van der Waals surface area contributed by atoms with E-state index < -0.39 is 0 Å². The second kappa shape index (κ2) is 5.88. The van der Waals surface area contributed by atoms with E-state index in [0.29, 0.717) is 12.1 Å². The molecule has 0 radical (unpaired) electrons. The summed E-state index contributed by atoms with van der Waals surface area (Å²) in [5.41, 5.74) is 0.558. The first-order valence-electron chi connectivity index (χ1n) is 4.41. The summed E-state index contributed by atoms with van der Waals surface area (Å²) in [5, 5.41) is 12.3. The molecule has 0 spiro atoms. The zero-order valence-corrected chi connectivity index (χ0v) is 9.86. The lowest BCUT2D eigenvalue weighted by molar-refractivity contribution is -0.115. The van der Waals surface area contributed by atoms with E-state index in [1.807, 2.05) is 6.26 Å². The third-order valence-corrected chi connectivity index (χ3v) is 2.70. The molecule has 0 aliphatic heterocycles. The van der Waals surface area contributed by atoms with Crippen molar-refractivity contribution in [3.63, 3.8) is 0 Å². The number of thioether (sulfide) groups is 1. The Kier molecular flexibility index (Phi) is 4.78. The molecule has 1 rings (SSSR count). The van der Waals surface area contributed by atoms with Crippen LogP contribution in [0.3, 0.4) is 0 Å². The van der Waals surface area contributed by atoms with Gasteiger partial charge in [-0.25, -0.2) is 0 Å². The Hall–Kier alpha value is -0.870. The topological polar surface area (TPSA) is 49.3 Å². The van der Waals surface area contributed by atoms with Gasteiger partial charge in [0.2, 0.25) is 5.91 Å². The molecule has 1 amide bonds. The average molecular weight is 246 g/mol. The number of carbonyl (C=O) groups excluding carboxylic acids is 1. The van der Waals surface area contributed by atoms with Gasteiger partial charge in [0.25, 0.3) is 0 Å². The number of phenolic OH excluding ortho intramolecular Hbond substituents is 1. The van der Waals surface area contributed by atoms with Crippen LogP contribution in [0.1, 0.15) is 6.42 Å². The Labute approximate surface area is 97.8 Å². The van der Waals surface area contributed by atoms with Crippen LogP contribution < -0.4 is 5.32 Å². The minimum Gasteiger partial charge on any atom is -0.506 e. The molecule has 1 aromatic carbocycles. The summed E-state index contributed by atoms with van der Waals surface area (Å²) in [6.45, 7) is 0. The zero-order chi connectivity index (χ0) is 11.3. The highest BCUT2D eigenvalue weighted by Crippen LogP contribution is 2.26. The van der Waals surface area contributed by atoms with Gasteiger partial charge in [-0.15, -0.1) is 0 Å². The summed E-state index contributed by atoms with van der Waals surface area (Å²) < 4.78 is 0. The van der Waals surface area contributed by atoms with Gasteiger partial charge in [0, 0.05) is 23.9 Å². The third-order valence-electron chi connectivity index (χ3n) is 1.76. The third kappa shape index (κ3) is 4.01. The minimum absolute atomic E-state index is 0.0284. The fourth-order valence-corrected chi connectivity index (χ4v) is 1.52. The molecule has 0 aliphatic carbocycles. The van der Waals surface area contributed by atoms with Crippen molar-refractivity contribution in [2.24, 2.45) is 0 Å². The fraction of sp³-hybridized carbons (Fsp3) is 0.300. The van der Waals surface area contributed by atoms with E-state index in [4.69, 9.17) is 11.6 Å². The first-order chi connectivity index (χ1) is 7.13. The fourth-order valence-electron chi connectivity index (χ4n) is 1.01. The lowest BCUT2D eigenvalue weighted by Gasteiger charge is -2.05. The van der Waals surface area contributed by atoms with Gasteiger partial charge < -0.3 is 10.4 Å². The van der Waals surface area contributed by atoms with E-state index in [-0.39, 0.29) is 16.7 Å². The van der Waals surface area contributed by atoms with E-state index in [1.54, 1.807) is 23.9 Å². The molecule has 0 aromatic heterocycles. The number of hydrogen-bond donors (Lipinski definition) is 2. The first-order valence-corrected chi connectivity index (χ1v) is 6.18. The van der Waals surface area contributed by atoms with Gasteiger partial charge in [0.05, 0.1) is 5.02 Å². The molecule has 2 N–H and O–H groups in total. The van der Waals surface area contributed by atoms with Crippen molar-refractivity contribution in [1.29, 1.82) is 0 Å². The summed E-state index contributed by atoms with van der Waals surface area (Å²) in [5.74, 6) is 0.691. The molecule has 0 heterocycles. The molecule has 0 saturated heterocycles. The van der Waals surface area contributed by atoms with Gasteiger partial charge in [-0.2, -0.15) is 11.8 Å². The molecule has 0 atom stereocenters. The van der Waals surface area contributed by atoms with Gasteiger partial charge in [-0.05, 0) is 18.4 Å². The van der Waals surface area contributed by atoms with Crippen LogP contribution in [-0.4, -0.2) is 23.0 Å². The van der Waals surface area contributed by atoms with E-state index in [9.17, 15) is 9.90 Å². The molecule has 15 heavy (non-hydrogen) atoms. The number of benzene rings is 1. The van der Waals surface area contributed by atoms with Crippen LogP contribution >= 0.6 is 23.4 Å². The van der Waals surface area contributed by atoms with Crippen LogP contribution in [0.25, 0.3) is 0 Å².